The average molecular weight is 400 g/mol. The Hall–Kier alpha value is -2.48. The number of aromatic nitrogens is 2. The maximum absolute atomic E-state index is 12.8. The molecule has 0 bridgehead atoms. The van der Waals surface area contributed by atoms with Crippen molar-refractivity contribution < 1.29 is 9.59 Å². The van der Waals surface area contributed by atoms with Crippen LogP contribution in [0, 0.1) is 19.8 Å². The van der Waals surface area contributed by atoms with Gasteiger partial charge in [0.2, 0.25) is 22.1 Å². The minimum Gasteiger partial charge on any atom is -0.346 e. The van der Waals surface area contributed by atoms with Gasteiger partial charge in [0, 0.05) is 31.7 Å². The van der Waals surface area contributed by atoms with E-state index in [1.807, 2.05) is 26.0 Å². The van der Waals surface area contributed by atoms with Crippen molar-refractivity contribution in [3.8, 4) is 0 Å². The number of carbonyl (C=O) groups is 2. The maximum Gasteiger partial charge on any atom is 0.229 e. The van der Waals surface area contributed by atoms with E-state index in [1.165, 1.54) is 11.3 Å². The predicted molar refractivity (Wildman–Crippen MR) is 111 cm³/mol. The van der Waals surface area contributed by atoms with E-state index >= 15 is 0 Å². The van der Waals surface area contributed by atoms with E-state index in [9.17, 15) is 9.59 Å². The van der Waals surface area contributed by atoms with Gasteiger partial charge in [-0.15, -0.1) is 10.2 Å². The minimum atomic E-state index is -0.0877. The number of rotatable bonds is 4. The van der Waals surface area contributed by atoms with Gasteiger partial charge >= 0.3 is 0 Å². The molecule has 7 nitrogen and oxygen atoms in total. The second kappa shape index (κ2) is 7.87. The smallest absolute Gasteiger partial charge is 0.229 e. The van der Waals surface area contributed by atoms with Gasteiger partial charge in [-0.05, 0) is 56.4 Å². The first-order valence-corrected chi connectivity index (χ1v) is 10.6. The number of piperidine rings is 1. The highest BCUT2D eigenvalue weighted by Crippen LogP contribution is 2.32. The van der Waals surface area contributed by atoms with Gasteiger partial charge in [-0.2, -0.15) is 0 Å². The summed E-state index contributed by atoms with van der Waals surface area (Å²) in [6, 6.07) is 6.08. The molecule has 1 aromatic carbocycles. The van der Waals surface area contributed by atoms with Crippen LogP contribution in [-0.4, -0.2) is 41.6 Å². The van der Waals surface area contributed by atoms with Crippen LogP contribution in [0.1, 0.15) is 36.8 Å². The fourth-order valence-corrected chi connectivity index (χ4v) is 4.88. The van der Waals surface area contributed by atoms with Crippen molar-refractivity contribution in [1.29, 1.82) is 0 Å². The molecule has 28 heavy (non-hydrogen) atoms. The van der Waals surface area contributed by atoms with Crippen LogP contribution in [-0.2, 0) is 9.59 Å². The molecule has 2 amide bonds. The van der Waals surface area contributed by atoms with Crippen molar-refractivity contribution >= 4 is 39.1 Å². The molecule has 0 aliphatic carbocycles. The highest BCUT2D eigenvalue weighted by atomic mass is 32.1. The molecule has 148 valence electrons. The van der Waals surface area contributed by atoms with Gasteiger partial charge in [-0.25, -0.2) is 0 Å². The standard InChI is InChI=1S/C20H25N5O2S/c1-13-9-14(2)11-16(10-13)21-18(27)15-5-3-7-24(12-15)19-22-23-20(28-19)25-8-4-6-17(25)26/h9-11,15H,3-8,12H2,1-2H3,(H,21,27)/t15-/m0/s1. The summed E-state index contributed by atoms with van der Waals surface area (Å²) in [6.07, 6.45) is 3.25. The predicted octanol–water partition coefficient (Wildman–Crippen LogP) is 3.14. The van der Waals surface area contributed by atoms with Crippen molar-refractivity contribution in [3.05, 3.63) is 29.3 Å². The molecule has 4 rings (SSSR count). The lowest BCUT2D eigenvalue weighted by Gasteiger charge is -2.31. The number of aryl methyl sites for hydroxylation is 2. The number of hydrogen-bond acceptors (Lipinski definition) is 6. The first kappa shape index (κ1) is 18.9. The summed E-state index contributed by atoms with van der Waals surface area (Å²) in [5.41, 5.74) is 3.13. The number of carbonyl (C=O) groups excluding carboxylic acids is 2. The highest BCUT2D eigenvalue weighted by Gasteiger charge is 2.30. The van der Waals surface area contributed by atoms with E-state index in [2.05, 4.69) is 26.5 Å². The second-order valence-electron chi connectivity index (χ2n) is 7.67. The topological polar surface area (TPSA) is 78.4 Å². The van der Waals surface area contributed by atoms with Crippen molar-refractivity contribution in [2.45, 2.75) is 39.5 Å². The Kier molecular flexibility index (Phi) is 5.30. The summed E-state index contributed by atoms with van der Waals surface area (Å²) in [4.78, 5) is 28.6. The molecular formula is C20H25N5O2S. The van der Waals surface area contributed by atoms with Gasteiger partial charge in [0.1, 0.15) is 0 Å². The number of hydrogen-bond donors (Lipinski definition) is 1. The largest absolute Gasteiger partial charge is 0.346 e. The quantitative estimate of drug-likeness (QED) is 0.855. The molecule has 2 aliphatic rings. The summed E-state index contributed by atoms with van der Waals surface area (Å²) >= 11 is 1.44. The number of nitrogens with zero attached hydrogens (tertiary/aromatic N) is 4. The number of nitrogens with one attached hydrogen (secondary N) is 1. The Morgan fingerprint density at radius 2 is 1.86 bits per heavy atom. The van der Waals surface area contributed by atoms with Crippen LogP contribution in [0.2, 0.25) is 0 Å². The van der Waals surface area contributed by atoms with E-state index in [1.54, 1.807) is 4.90 Å². The Labute approximate surface area is 168 Å². The lowest BCUT2D eigenvalue weighted by atomic mass is 9.97. The van der Waals surface area contributed by atoms with Crippen LogP contribution in [0.25, 0.3) is 0 Å². The Morgan fingerprint density at radius 1 is 1.11 bits per heavy atom. The lowest BCUT2D eigenvalue weighted by molar-refractivity contribution is -0.120. The molecule has 1 atom stereocenters. The normalized spacial score (nSPS) is 19.9. The monoisotopic (exact) mass is 399 g/mol. The van der Waals surface area contributed by atoms with Gasteiger partial charge in [0.15, 0.2) is 0 Å². The Bertz CT molecular complexity index is 876. The number of benzene rings is 1. The molecule has 0 unspecified atom stereocenters. The lowest BCUT2D eigenvalue weighted by Crippen LogP contribution is -2.40. The van der Waals surface area contributed by atoms with Crippen LogP contribution in [0.3, 0.4) is 0 Å². The summed E-state index contributed by atoms with van der Waals surface area (Å²) in [6.45, 7) is 6.26. The molecule has 0 radical (unpaired) electrons. The number of amides is 2. The summed E-state index contributed by atoms with van der Waals surface area (Å²) in [5.74, 6) is 0.0801. The van der Waals surface area contributed by atoms with Gasteiger partial charge in [-0.1, -0.05) is 17.4 Å². The SMILES string of the molecule is Cc1cc(C)cc(NC(=O)[C@H]2CCCN(c3nnc(N4CCCC4=O)s3)C2)c1. The average Bonchev–Trinajstić information content (AvgIpc) is 3.29. The molecule has 1 aromatic heterocycles. The zero-order valence-electron chi connectivity index (χ0n) is 16.3. The van der Waals surface area contributed by atoms with E-state index < -0.39 is 0 Å². The van der Waals surface area contributed by atoms with Crippen LogP contribution in [0.5, 0.6) is 0 Å². The minimum absolute atomic E-state index is 0.0501. The zero-order chi connectivity index (χ0) is 19.7. The van der Waals surface area contributed by atoms with Crippen LogP contribution in [0.4, 0.5) is 16.0 Å². The van der Waals surface area contributed by atoms with Gasteiger partial charge in [-0.3, -0.25) is 14.5 Å². The fraction of sp³-hybridized carbons (Fsp3) is 0.500. The second-order valence-corrected chi connectivity index (χ2v) is 8.60. The van der Waals surface area contributed by atoms with E-state index in [0.717, 1.165) is 47.8 Å². The summed E-state index contributed by atoms with van der Waals surface area (Å²) < 4.78 is 0. The summed E-state index contributed by atoms with van der Waals surface area (Å²) in [7, 11) is 0. The van der Waals surface area contributed by atoms with E-state index in [-0.39, 0.29) is 17.7 Å². The van der Waals surface area contributed by atoms with Crippen LogP contribution >= 0.6 is 11.3 Å². The molecule has 0 saturated carbocycles. The van der Waals surface area contributed by atoms with Crippen LogP contribution < -0.4 is 15.1 Å². The highest BCUT2D eigenvalue weighted by molar-refractivity contribution is 7.19. The molecular weight excluding hydrogens is 374 g/mol. The Morgan fingerprint density at radius 3 is 2.57 bits per heavy atom. The molecule has 3 heterocycles. The third-order valence-corrected chi connectivity index (χ3v) is 6.27. The first-order chi connectivity index (χ1) is 13.5. The maximum atomic E-state index is 12.8. The van der Waals surface area contributed by atoms with Crippen molar-refractivity contribution in [2.75, 3.05) is 34.8 Å². The van der Waals surface area contributed by atoms with E-state index in [0.29, 0.717) is 24.6 Å². The third kappa shape index (κ3) is 4.01. The van der Waals surface area contributed by atoms with Crippen LogP contribution in [0.15, 0.2) is 18.2 Å². The molecule has 2 aromatic rings. The molecule has 2 fully saturated rings. The van der Waals surface area contributed by atoms with Gasteiger partial charge in [0.25, 0.3) is 0 Å². The summed E-state index contributed by atoms with van der Waals surface area (Å²) in [5, 5.41) is 13.0. The first-order valence-electron chi connectivity index (χ1n) is 9.77. The molecule has 2 saturated heterocycles. The Balaban J connectivity index is 1.42. The van der Waals surface area contributed by atoms with E-state index in [4.69, 9.17) is 0 Å². The van der Waals surface area contributed by atoms with Crippen molar-refractivity contribution in [3.63, 3.8) is 0 Å². The fourth-order valence-electron chi connectivity index (χ4n) is 3.95. The number of anilines is 3. The van der Waals surface area contributed by atoms with Crippen molar-refractivity contribution in [2.24, 2.45) is 5.92 Å². The molecule has 0 spiro atoms. The zero-order valence-corrected chi connectivity index (χ0v) is 17.1. The van der Waals surface area contributed by atoms with Gasteiger partial charge in [0.05, 0.1) is 5.92 Å². The molecule has 2 aliphatic heterocycles. The molecule has 1 N–H and O–H groups in total. The van der Waals surface area contributed by atoms with Gasteiger partial charge < -0.3 is 10.2 Å². The molecule has 8 heteroatoms. The van der Waals surface area contributed by atoms with Crippen molar-refractivity contribution in [1.82, 2.24) is 10.2 Å². The third-order valence-electron chi connectivity index (χ3n) is 5.26.